The summed E-state index contributed by atoms with van der Waals surface area (Å²) >= 11 is 0. The monoisotopic (exact) mass is 361 g/mol. The van der Waals surface area contributed by atoms with Crippen LogP contribution < -0.4 is 5.32 Å². The molecule has 3 aromatic heterocycles. The van der Waals surface area contributed by atoms with Gasteiger partial charge < -0.3 is 9.72 Å². The van der Waals surface area contributed by atoms with Gasteiger partial charge in [0.15, 0.2) is 0 Å². The number of aromatic nitrogens is 6. The molecule has 8 heteroatoms. The highest BCUT2D eigenvalue weighted by Crippen LogP contribution is 2.15. The smallest absolute Gasteiger partial charge is 0.245 e. The van der Waals surface area contributed by atoms with Gasteiger partial charge in [-0.1, -0.05) is 36.4 Å². The van der Waals surface area contributed by atoms with Crippen LogP contribution in [0.4, 0.5) is 0 Å². The van der Waals surface area contributed by atoms with Crippen molar-refractivity contribution in [3.63, 3.8) is 0 Å². The number of hydrogen-bond donors (Lipinski definition) is 1. The second-order valence-electron chi connectivity index (χ2n) is 6.35. The number of amides is 1. The SMILES string of the molecule is Cc1cccn2c(CNC(=O)[C@H](Cc3ccccc3)n3cnnn3)cnc12. The highest BCUT2D eigenvalue weighted by atomic mass is 16.2. The number of carbonyl (C=O) groups is 1. The van der Waals surface area contributed by atoms with Crippen molar-refractivity contribution in [1.29, 1.82) is 0 Å². The molecule has 0 bridgehead atoms. The Labute approximate surface area is 155 Å². The van der Waals surface area contributed by atoms with Crippen molar-refractivity contribution in [2.75, 3.05) is 0 Å². The number of fused-ring (bicyclic) bond motifs is 1. The molecule has 8 nitrogen and oxygen atoms in total. The van der Waals surface area contributed by atoms with Crippen molar-refractivity contribution in [3.8, 4) is 0 Å². The fraction of sp³-hybridized carbons (Fsp3) is 0.211. The largest absolute Gasteiger partial charge is 0.349 e. The first kappa shape index (κ1) is 16.9. The number of hydrogen-bond acceptors (Lipinski definition) is 5. The molecule has 1 N–H and O–H groups in total. The minimum atomic E-state index is -0.525. The van der Waals surface area contributed by atoms with Crippen LogP contribution in [0.25, 0.3) is 5.65 Å². The fourth-order valence-electron chi connectivity index (χ4n) is 3.08. The first-order valence-corrected chi connectivity index (χ1v) is 8.68. The summed E-state index contributed by atoms with van der Waals surface area (Å²) in [6.07, 6.45) is 5.69. The van der Waals surface area contributed by atoms with Gasteiger partial charge in [-0.25, -0.2) is 9.67 Å². The van der Waals surface area contributed by atoms with E-state index in [1.165, 1.54) is 11.0 Å². The minimum Gasteiger partial charge on any atom is -0.349 e. The topological polar surface area (TPSA) is 90.0 Å². The first-order valence-electron chi connectivity index (χ1n) is 8.68. The summed E-state index contributed by atoms with van der Waals surface area (Å²) in [6, 6.07) is 13.3. The molecule has 0 aliphatic heterocycles. The minimum absolute atomic E-state index is 0.145. The van der Waals surface area contributed by atoms with E-state index in [1.807, 2.05) is 60.0 Å². The Morgan fingerprint density at radius 3 is 2.81 bits per heavy atom. The third kappa shape index (κ3) is 3.55. The van der Waals surface area contributed by atoms with Crippen LogP contribution in [0.3, 0.4) is 0 Å². The molecule has 4 rings (SSSR count). The summed E-state index contributed by atoms with van der Waals surface area (Å²) in [6.45, 7) is 2.38. The van der Waals surface area contributed by atoms with Crippen LogP contribution in [0.5, 0.6) is 0 Å². The van der Waals surface area contributed by atoms with E-state index in [1.54, 1.807) is 6.20 Å². The van der Waals surface area contributed by atoms with E-state index in [-0.39, 0.29) is 5.91 Å². The molecule has 0 aliphatic carbocycles. The number of imidazole rings is 1. The van der Waals surface area contributed by atoms with Gasteiger partial charge in [0.1, 0.15) is 18.0 Å². The molecular formula is C19H19N7O. The molecule has 0 radical (unpaired) electrons. The Morgan fingerprint density at radius 2 is 2.04 bits per heavy atom. The quantitative estimate of drug-likeness (QED) is 0.565. The van der Waals surface area contributed by atoms with Gasteiger partial charge in [-0.15, -0.1) is 5.10 Å². The van der Waals surface area contributed by atoms with Crippen LogP contribution >= 0.6 is 0 Å². The van der Waals surface area contributed by atoms with Crippen molar-refractivity contribution in [2.45, 2.75) is 25.9 Å². The maximum atomic E-state index is 12.9. The molecule has 0 unspecified atom stereocenters. The van der Waals surface area contributed by atoms with Crippen molar-refractivity contribution < 1.29 is 4.79 Å². The maximum absolute atomic E-state index is 12.9. The first-order chi connectivity index (χ1) is 13.2. The molecule has 136 valence electrons. The summed E-state index contributed by atoms with van der Waals surface area (Å²) in [5, 5.41) is 14.2. The molecule has 1 aromatic carbocycles. The lowest BCUT2D eigenvalue weighted by Gasteiger charge is -2.16. The van der Waals surface area contributed by atoms with E-state index >= 15 is 0 Å². The Morgan fingerprint density at radius 1 is 1.19 bits per heavy atom. The molecule has 0 spiro atoms. The van der Waals surface area contributed by atoms with Gasteiger partial charge in [-0.2, -0.15) is 0 Å². The molecule has 3 heterocycles. The number of carbonyl (C=O) groups excluding carboxylic acids is 1. The molecule has 27 heavy (non-hydrogen) atoms. The lowest BCUT2D eigenvalue weighted by atomic mass is 10.1. The summed E-state index contributed by atoms with van der Waals surface area (Å²) in [4.78, 5) is 17.3. The summed E-state index contributed by atoms with van der Waals surface area (Å²) in [5.74, 6) is -0.145. The summed E-state index contributed by atoms with van der Waals surface area (Å²) in [5.41, 5.74) is 3.93. The Hall–Kier alpha value is -3.55. The van der Waals surface area contributed by atoms with E-state index in [0.29, 0.717) is 13.0 Å². The van der Waals surface area contributed by atoms with Crippen molar-refractivity contribution >= 4 is 11.6 Å². The van der Waals surface area contributed by atoms with E-state index < -0.39 is 6.04 Å². The van der Waals surface area contributed by atoms with Gasteiger partial charge in [0.2, 0.25) is 5.91 Å². The van der Waals surface area contributed by atoms with Gasteiger partial charge in [-0.05, 0) is 34.5 Å². The lowest BCUT2D eigenvalue weighted by molar-refractivity contribution is -0.124. The Balaban J connectivity index is 1.52. The summed E-state index contributed by atoms with van der Waals surface area (Å²) in [7, 11) is 0. The van der Waals surface area contributed by atoms with Crippen molar-refractivity contribution in [2.24, 2.45) is 0 Å². The number of nitrogens with zero attached hydrogens (tertiary/aromatic N) is 6. The molecule has 1 amide bonds. The van der Waals surface area contributed by atoms with Gasteiger partial charge in [0, 0.05) is 12.6 Å². The Bertz CT molecular complexity index is 1040. The Kier molecular flexibility index (Phi) is 4.61. The second-order valence-corrected chi connectivity index (χ2v) is 6.35. The zero-order valence-corrected chi connectivity index (χ0v) is 14.9. The molecule has 0 fully saturated rings. The number of pyridine rings is 1. The van der Waals surface area contributed by atoms with Crippen LogP contribution in [-0.2, 0) is 17.8 Å². The molecule has 4 aromatic rings. The van der Waals surface area contributed by atoms with Crippen LogP contribution in [0, 0.1) is 6.92 Å². The maximum Gasteiger partial charge on any atom is 0.245 e. The number of rotatable bonds is 6. The molecule has 0 aliphatic rings. The van der Waals surface area contributed by atoms with Crippen LogP contribution in [0.15, 0.2) is 61.2 Å². The summed E-state index contributed by atoms with van der Waals surface area (Å²) < 4.78 is 3.47. The lowest BCUT2D eigenvalue weighted by Crippen LogP contribution is -2.34. The van der Waals surface area contributed by atoms with E-state index in [4.69, 9.17) is 0 Å². The predicted octanol–water partition coefficient (Wildman–Crippen LogP) is 1.73. The predicted molar refractivity (Wildman–Crippen MR) is 98.8 cm³/mol. The average Bonchev–Trinajstić information content (AvgIpc) is 3.36. The van der Waals surface area contributed by atoms with Crippen LogP contribution in [0.2, 0.25) is 0 Å². The van der Waals surface area contributed by atoms with Crippen molar-refractivity contribution in [1.82, 2.24) is 34.9 Å². The van der Waals surface area contributed by atoms with Crippen molar-refractivity contribution in [3.05, 3.63) is 78.0 Å². The van der Waals surface area contributed by atoms with E-state index in [2.05, 4.69) is 25.8 Å². The van der Waals surface area contributed by atoms with Gasteiger partial charge in [0.25, 0.3) is 0 Å². The van der Waals surface area contributed by atoms with E-state index in [9.17, 15) is 4.79 Å². The highest BCUT2D eigenvalue weighted by molar-refractivity contribution is 5.80. The zero-order valence-electron chi connectivity index (χ0n) is 14.9. The standard InChI is InChI=1S/C19H19N7O/c1-14-6-5-9-25-16(11-20-18(14)25)12-21-19(27)17(26-13-22-23-24-26)10-15-7-3-2-4-8-15/h2-9,11,13,17H,10,12H2,1H3,(H,21,27)/t17-/m0/s1. The van der Waals surface area contributed by atoms with Gasteiger partial charge >= 0.3 is 0 Å². The molecule has 0 saturated carbocycles. The normalized spacial score (nSPS) is 12.2. The van der Waals surface area contributed by atoms with E-state index in [0.717, 1.165) is 22.5 Å². The third-order valence-corrected chi connectivity index (χ3v) is 4.51. The number of tetrazole rings is 1. The average molecular weight is 361 g/mol. The van der Waals surface area contributed by atoms with Gasteiger partial charge in [-0.3, -0.25) is 4.79 Å². The fourth-order valence-corrected chi connectivity index (χ4v) is 3.08. The van der Waals surface area contributed by atoms with Crippen LogP contribution in [0.1, 0.15) is 22.9 Å². The number of benzene rings is 1. The molecule has 0 saturated heterocycles. The van der Waals surface area contributed by atoms with Gasteiger partial charge in [0.05, 0.1) is 18.4 Å². The van der Waals surface area contributed by atoms with Crippen LogP contribution in [-0.4, -0.2) is 35.5 Å². The number of aryl methyl sites for hydroxylation is 1. The molecular weight excluding hydrogens is 342 g/mol. The number of nitrogens with one attached hydrogen (secondary N) is 1. The zero-order chi connectivity index (χ0) is 18.6. The third-order valence-electron chi connectivity index (χ3n) is 4.51. The molecule has 1 atom stereocenters. The highest BCUT2D eigenvalue weighted by Gasteiger charge is 2.22. The second kappa shape index (κ2) is 7.36.